The number of rotatable bonds is 8. The summed E-state index contributed by atoms with van der Waals surface area (Å²) in [5, 5.41) is 12.4. The van der Waals surface area contributed by atoms with Crippen molar-refractivity contribution >= 4 is 32.8 Å². The number of sulfone groups is 1. The van der Waals surface area contributed by atoms with Gasteiger partial charge in [0.25, 0.3) is 5.91 Å². The number of amides is 1. The number of aryl methyl sites for hydroxylation is 1. The molecular weight excluding hydrogens is 440 g/mol. The van der Waals surface area contributed by atoms with Crippen LogP contribution in [0.2, 0.25) is 0 Å². The molecule has 8 nitrogen and oxygen atoms in total. The summed E-state index contributed by atoms with van der Waals surface area (Å²) in [6, 6.07) is 10.8. The number of carbonyl (C=O) groups excluding carboxylic acids is 1. The summed E-state index contributed by atoms with van der Waals surface area (Å²) >= 11 is 1.28. The van der Waals surface area contributed by atoms with E-state index >= 15 is 0 Å². The number of aliphatic hydroxyl groups excluding tert-OH is 1. The first-order chi connectivity index (χ1) is 14.6. The number of carbonyl (C=O) groups is 1. The highest BCUT2D eigenvalue weighted by Crippen LogP contribution is 2.31. The van der Waals surface area contributed by atoms with Gasteiger partial charge < -0.3 is 19.9 Å². The second-order valence-electron chi connectivity index (χ2n) is 6.88. The van der Waals surface area contributed by atoms with E-state index in [9.17, 15) is 18.3 Å². The number of thiazole rings is 1. The average Bonchev–Trinajstić information content (AvgIpc) is 3.14. The van der Waals surface area contributed by atoms with Crippen LogP contribution in [-0.2, 0) is 9.84 Å². The molecule has 3 aromatic rings. The molecule has 0 radical (unpaired) electrons. The summed E-state index contributed by atoms with van der Waals surface area (Å²) in [5.74, 6) is 0.791. The molecule has 0 fully saturated rings. The lowest BCUT2D eigenvalue weighted by Gasteiger charge is -2.15. The first-order valence-corrected chi connectivity index (χ1v) is 12.0. The minimum atomic E-state index is -3.31. The molecule has 0 unspecified atom stereocenters. The highest BCUT2D eigenvalue weighted by Gasteiger charge is 2.14. The number of hydrogen-bond donors (Lipinski definition) is 2. The van der Waals surface area contributed by atoms with Crippen molar-refractivity contribution in [3.8, 4) is 17.2 Å². The van der Waals surface area contributed by atoms with Crippen LogP contribution in [0.25, 0.3) is 0 Å². The molecule has 164 valence electrons. The van der Waals surface area contributed by atoms with Gasteiger partial charge in [0.05, 0.1) is 11.5 Å². The Labute approximate surface area is 184 Å². The SMILES string of the molecule is Cc1cnc(C(=O)Nc2cc(Oc3ccc(S(C)(=O)=O)cc3)cc(O[C@@H](C)CO)c2)s1. The Bertz CT molecular complexity index is 1170. The molecule has 10 heteroatoms. The number of aromatic nitrogens is 1. The van der Waals surface area contributed by atoms with Crippen molar-refractivity contribution in [2.24, 2.45) is 0 Å². The van der Waals surface area contributed by atoms with E-state index in [0.29, 0.717) is 27.9 Å². The number of ether oxygens (including phenoxy) is 2. The van der Waals surface area contributed by atoms with E-state index in [1.807, 2.05) is 6.92 Å². The van der Waals surface area contributed by atoms with Gasteiger partial charge in [-0.3, -0.25) is 4.79 Å². The fraction of sp³-hybridized carbons (Fsp3) is 0.238. The standard InChI is InChI=1S/C21H22N2O6S2/c1-13(12-24)28-17-8-15(23-20(25)21-22-11-14(2)30-21)9-18(10-17)29-16-4-6-19(7-5-16)31(3,26)27/h4-11,13,24H,12H2,1-3H3,(H,23,25)/t13-/m0/s1. The van der Waals surface area contributed by atoms with Gasteiger partial charge in [0.1, 0.15) is 23.4 Å². The molecule has 2 aromatic carbocycles. The summed E-state index contributed by atoms with van der Waals surface area (Å²) in [6.07, 6.45) is 2.29. The topological polar surface area (TPSA) is 115 Å². The molecule has 1 aromatic heterocycles. The van der Waals surface area contributed by atoms with Gasteiger partial charge in [0.2, 0.25) is 0 Å². The molecule has 0 aliphatic carbocycles. The number of nitrogens with one attached hydrogen (secondary N) is 1. The van der Waals surface area contributed by atoms with Crippen LogP contribution >= 0.6 is 11.3 Å². The summed E-state index contributed by atoms with van der Waals surface area (Å²) in [6.45, 7) is 3.38. The molecule has 3 rings (SSSR count). The van der Waals surface area contributed by atoms with Gasteiger partial charge in [-0.1, -0.05) is 0 Å². The molecule has 31 heavy (non-hydrogen) atoms. The van der Waals surface area contributed by atoms with Gasteiger partial charge in [0.15, 0.2) is 14.8 Å². The second-order valence-corrected chi connectivity index (χ2v) is 10.1. The fourth-order valence-corrected chi connectivity index (χ4v) is 3.87. The quantitative estimate of drug-likeness (QED) is 0.525. The van der Waals surface area contributed by atoms with E-state index < -0.39 is 15.9 Å². The molecule has 1 heterocycles. The van der Waals surface area contributed by atoms with Gasteiger partial charge in [0, 0.05) is 41.2 Å². The van der Waals surface area contributed by atoms with Gasteiger partial charge in [-0.25, -0.2) is 13.4 Å². The molecule has 0 bridgehead atoms. The molecule has 0 saturated carbocycles. The average molecular weight is 463 g/mol. The number of hydrogen-bond acceptors (Lipinski definition) is 8. The van der Waals surface area contributed by atoms with E-state index in [-0.39, 0.29) is 17.4 Å². The summed E-state index contributed by atoms with van der Waals surface area (Å²) < 4.78 is 34.7. The zero-order valence-electron chi connectivity index (χ0n) is 17.2. The predicted octanol–water partition coefficient (Wildman–Crippen LogP) is 3.66. The second kappa shape index (κ2) is 9.46. The van der Waals surface area contributed by atoms with Crippen LogP contribution in [0.4, 0.5) is 5.69 Å². The van der Waals surface area contributed by atoms with Crippen molar-refractivity contribution in [2.45, 2.75) is 24.8 Å². The Balaban J connectivity index is 1.86. The van der Waals surface area contributed by atoms with Gasteiger partial charge in [-0.15, -0.1) is 11.3 Å². The lowest BCUT2D eigenvalue weighted by molar-refractivity contribution is 0.102. The highest BCUT2D eigenvalue weighted by molar-refractivity contribution is 7.90. The minimum absolute atomic E-state index is 0.181. The van der Waals surface area contributed by atoms with Crippen molar-refractivity contribution in [2.75, 3.05) is 18.2 Å². The van der Waals surface area contributed by atoms with Crippen molar-refractivity contribution < 1.29 is 27.8 Å². The number of nitrogens with zero attached hydrogens (tertiary/aromatic N) is 1. The van der Waals surface area contributed by atoms with E-state index in [2.05, 4.69) is 10.3 Å². The maximum Gasteiger partial charge on any atom is 0.284 e. The summed E-state index contributed by atoms with van der Waals surface area (Å²) in [4.78, 5) is 17.7. The van der Waals surface area contributed by atoms with Crippen molar-refractivity contribution in [3.05, 3.63) is 58.5 Å². The number of anilines is 1. The summed E-state index contributed by atoms with van der Waals surface area (Å²) in [7, 11) is -3.31. The van der Waals surface area contributed by atoms with Crippen LogP contribution in [0.3, 0.4) is 0 Å². The fourth-order valence-electron chi connectivity index (χ4n) is 2.58. The van der Waals surface area contributed by atoms with Crippen molar-refractivity contribution in [1.29, 1.82) is 0 Å². The van der Waals surface area contributed by atoms with Gasteiger partial charge in [-0.2, -0.15) is 0 Å². The van der Waals surface area contributed by atoms with Crippen LogP contribution in [0.15, 0.2) is 53.6 Å². The lowest BCUT2D eigenvalue weighted by Crippen LogP contribution is -2.16. The Morgan fingerprint density at radius 3 is 2.42 bits per heavy atom. The Kier molecular flexibility index (Phi) is 6.94. The summed E-state index contributed by atoms with van der Waals surface area (Å²) in [5.41, 5.74) is 0.420. The zero-order valence-corrected chi connectivity index (χ0v) is 18.8. The molecule has 2 N–H and O–H groups in total. The highest BCUT2D eigenvalue weighted by atomic mass is 32.2. The Morgan fingerprint density at radius 2 is 1.84 bits per heavy atom. The molecular formula is C21H22N2O6S2. The zero-order chi connectivity index (χ0) is 22.6. The molecule has 0 aliphatic heterocycles. The van der Waals surface area contributed by atoms with Crippen LogP contribution in [0, 0.1) is 6.92 Å². The monoisotopic (exact) mass is 462 g/mol. The third-order valence-corrected chi connectivity index (χ3v) is 6.08. The smallest absolute Gasteiger partial charge is 0.284 e. The van der Waals surface area contributed by atoms with Gasteiger partial charge >= 0.3 is 0 Å². The van der Waals surface area contributed by atoms with Crippen molar-refractivity contribution in [3.63, 3.8) is 0 Å². The van der Waals surface area contributed by atoms with Crippen LogP contribution in [0.1, 0.15) is 21.6 Å². The van der Waals surface area contributed by atoms with E-state index in [1.165, 1.54) is 35.6 Å². The Hall–Kier alpha value is -2.95. The molecule has 1 amide bonds. The van der Waals surface area contributed by atoms with E-state index in [1.54, 1.807) is 31.3 Å². The molecule has 0 aliphatic rings. The van der Waals surface area contributed by atoms with E-state index in [0.717, 1.165) is 11.1 Å². The number of benzene rings is 2. The first-order valence-electron chi connectivity index (χ1n) is 9.28. The maximum atomic E-state index is 12.5. The van der Waals surface area contributed by atoms with Crippen LogP contribution < -0.4 is 14.8 Å². The molecule has 0 spiro atoms. The Morgan fingerprint density at radius 1 is 1.16 bits per heavy atom. The normalized spacial score (nSPS) is 12.3. The predicted molar refractivity (Wildman–Crippen MR) is 118 cm³/mol. The van der Waals surface area contributed by atoms with Gasteiger partial charge in [-0.05, 0) is 38.1 Å². The lowest BCUT2D eigenvalue weighted by atomic mass is 10.2. The largest absolute Gasteiger partial charge is 0.488 e. The first kappa shape index (κ1) is 22.7. The minimum Gasteiger partial charge on any atom is -0.488 e. The third kappa shape index (κ3) is 6.27. The van der Waals surface area contributed by atoms with E-state index in [4.69, 9.17) is 9.47 Å². The maximum absolute atomic E-state index is 12.5. The van der Waals surface area contributed by atoms with Crippen LogP contribution in [0.5, 0.6) is 17.2 Å². The molecule has 0 saturated heterocycles. The van der Waals surface area contributed by atoms with Crippen LogP contribution in [-0.4, -0.2) is 43.4 Å². The third-order valence-electron chi connectivity index (χ3n) is 4.04. The number of aliphatic hydroxyl groups is 1. The van der Waals surface area contributed by atoms with Crippen molar-refractivity contribution in [1.82, 2.24) is 4.98 Å². The molecule has 1 atom stereocenters.